The lowest BCUT2D eigenvalue weighted by molar-refractivity contribution is -0.156. The monoisotopic (exact) mass is 532 g/mol. The van der Waals surface area contributed by atoms with E-state index in [1.165, 1.54) is 36.4 Å². The number of hydrazine groups is 1. The van der Waals surface area contributed by atoms with Crippen LogP contribution < -0.4 is 0 Å². The number of benzene rings is 2. The Hall–Kier alpha value is -2.67. The molecule has 3 amide bonds. The fourth-order valence-corrected chi connectivity index (χ4v) is 5.17. The van der Waals surface area contributed by atoms with Crippen LogP contribution in [0.3, 0.4) is 0 Å². The minimum absolute atomic E-state index is 0.0232. The molecule has 0 radical (unpaired) electrons. The van der Waals surface area contributed by atoms with E-state index in [2.05, 4.69) is 0 Å². The van der Waals surface area contributed by atoms with E-state index in [4.69, 9.17) is 34.8 Å². The van der Waals surface area contributed by atoms with Gasteiger partial charge < -0.3 is 0 Å². The van der Waals surface area contributed by atoms with Gasteiger partial charge in [0.05, 0.1) is 11.8 Å². The Bertz CT molecular complexity index is 1180. The summed E-state index contributed by atoms with van der Waals surface area (Å²) in [5, 5.41) is 2.74. The van der Waals surface area contributed by atoms with Crippen LogP contribution in [0.5, 0.6) is 0 Å². The first-order valence-electron chi connectivity index (χ1n) is 11.2. The molecule has 0 unspecified atom stereocenters. The molecule has 0 N–H and O–H groups in total. The summed E-state index contributed by atoms with van der Waals surface area (Å²) in [5.74, 6) is -3.46. The number of carbonyl (C=O) groups is 4. The van der Waals surface area contributed by atoms with E-state index in [-0.39, 0.29) is 29.3 Å². The molecule has 9 heteroatoms. The van der Waals surface area contributed by atoms with Crippen LogP contribution in [0, 0.1) is 17.8 Å². The van der Waals surface area contributed by atoms with E-state index in [1.807, 2.05) is 19.1 Å². The van der Waals surface area contributed by atoms with Gasteiger partial charge in [-0.05, 0) is 67.3 Å². The number of halogens is 3. The molecule has 1 aliphatic heterocycles. The molecular weight excluding hydrogens is 511 g/mol. The minimum atomic E-state index is -1.19. The normalized spacial score (nSPS) is 22.2. The maximum atomic E-state index is 13.8. The molecule has 1 fully saturated rings. The Morgan fingerprint density at radius 3 is 2.09 bits per heavy atom. The number of imide groups is 1. The van der Waals surface area contributed by atoms with Crippen LogP contribution in [0.25, 0.3) is 0 Å². The molecule has 0 bridgehead atoms. The lowest BCUT2D eigenvalue weighted by Crippen LogP contribution is -2.57. The maximum absolute atomic E-state index is 13.8. The quantitative estimate of drug-likeness (QED) is 0.206. The van der Waals surface area contributed by atoms with Gasteiger partial charge in [0.1, 0.15) is 6.04 Å². The Balaban J connectivity index is 1.81. The Labute approximate surface area is 218 Å². The Morgan fingerprint density at radius 2 is 1.54 bits per heavy atom. The van der Waals surface area contributed by atoms with Crippen LogP contribution in [0.15, 0.2) is 60.7 Å². The SMILES string of the molecule is C[C@@H]1C=CC[C@@H]2C(=O)N(N(C(=O)c3ccc(Cl)cc3)[C@@H](CCCl)C(=O)c3ccc(Cl)cc3)C(=O)[C@@H]12. The van der Waals surface area contributed by atoms with Crippen molar-refractivity contribution >= 4 is 58.3 Å². The summed E-state index contributed by atoms with van der Waals surface area (Å²) in [6.07, 6.45) is 4.20. The van der Waals surface area contributed by atoms with Crippen molar-refractivity contribution in [2.24, 2.45) is 17.8 Å². The largest absolute Gasteiger partial charge is 0.292 e. The van der Waals surface area contributed by atoms with Crippen molar-refractivity contribution in [3.8, 4) is 0 Å². The van der Waals surface area contributed by atoms with Gasteiger partial charge >= 0.3 is 0 Å². The highest BCUT2D eigenvalue weighted by molar-refractivity contribution is 6.31. The average Bonchev–Trinajstić information content (AvgIpc) is 3.10. The smallest absolute Gasteiger partial charge is 0.273 e. The highest BCUT2D eigenvalue weighted by atomic mass is 35.5. The number of nitrogens with zero attached hydrogens (tertiary/aromatic N) is 2. The van der Waals surface area contributed by atoms with Gasteiger partial charge in [-0.25, -0.2) is 5.01 Å². The molecule has 0 aromatic heterocycles. The topological polar surface area (TPSA) is 74.8 Å². The molecule has 2 aliphatic rings. The molecule has 182 valence electrons. The molecular formula is C26H23Cl3N2O4. The maximum Gasteiger partial charge on any atom is 0.273 e. The zero-order valence-corrected chi connectivity index (χ0v) is 21.1. The summed E-state index contributed by atoms with van der Waals surface area (Å²) < 4.78 is 0. The number of ketones is 1. The second-order valence-electron chi connectivity index (χ2n) is 8.66. The van der Waals surface area contributed by atoms with Crippen LogP contribution >= 0.6 is 34.8 Å². The number of hydrogen-bond acceptors (Lipinski definition) is 4. The van der Waals surface area contributed by atoms with E-state index >= 15 is 0 Å². The lowest BCUT2D eigenvalue weighted by atomic mass is 9.78. The van der Waals surface area contributed by atoms with Crippen LogP contribution in [-0.4, -0.2) is 45.4 Å². The number of allylic oxidation sites excluding steroid dienone is 2. The van der Waals surface area contributed by atoms with Gasteiger partial charge in [-0.15, -0.1) is 11.6 Å². The minimum Gasteiger partial charge on any atom is -0.292 e. The first kappa shape index (κ1) is 25.4. The van der Waals surface area contributed by atoms with Crippen molar-refractivity contribution in [3.05, 3.63) is 81.9 Å². The molecule has 1 aliphatic carbocycles. The molecule has 6 nitrogen and oxygen atoms in total. The van der Waals surface area contributed by atoms with Gasteiger partial charge in [-0.3, -0.25) is 19.2 Å². The highest BCUT2D eigenvalue weighted by Crippen LogP contribution is 2.40. The Morgan fingerprint density at radius 1 is 0.971 bits per heavy atom. The number of hydrogen-bond donors (Lipinski definition) is 0. The standard InChI is InChI=1S/C26H23Cl3N2O4/c1-15-3-2-4-20-22(15)26(35)31(25(20)34)30(24(33)17-7-11-19(29)12-8-17)21(13-14-27)23(32)16-5-9-18(28)10-6-16/h2-3,5-12,15,20-22H,4,13-14H2,1H3/t15-,20+,21+,22+/m1/s1. The zero-order valence-electron chi connectivity index (χ0n) is 18.9. The van der Waals surface area contributed by atoms with Gasteiger partial charge in [0.2, 0.25) is 0 Å². The third-order valence-corrected chi connectivity index (χ3v) is 7.20. The lowest BCUT2D eigenvalue weighted by Gasteiger charge is -2.36. The molecule has 1 heterocycles. The zero-order chi connectivity index (χ0) is 25.3. The number of amides is 3. The van der Waals surface area contributed by atoms with Gasteiger partial charge in [0, 0.05) is 27.1 Å². The third kappa shape index (κ3) is 4.88. The second kappa shape index (κ2) is 10.5. The summed E-state index contributed by atoms with van der Waals surface area (Å²) in [5.41, 5.74) is 0.462. The summed E-state index contributed by atoms with van der Waals surface area (Å²) in [7, 11) is 0. The predicted octanol–water partition coefficient (Wildman–Crippen LogP) is 5.43. The van der Waals surface area contributed by atoms with Crippen molar-refractivity contribution in [1.29, 1.82) is 0 Å². The predicted molar refractivity (Wildman–Crippen MR) is 134 cm³/mol. The first-order valence-corrected chi connectivity index (χ1v) is 12.5. The molecule has 35 heavy (non-hydrogen) atoms. The van der Waals surface area contributed by atoms with Gasteiger partial charge in [0.25, 0.3) is 17.7 Å². The van der Waals surface area contributed by atoms with Gasteiger partial charge in [0.15, 0.2) is 5.78 Å². The molecule has 2 aromatic rings. The second-order valence-corrected chi connectivity index (χ2v) is 9.92. The molecule has 4 atom stereocenters. The van der Waals surface area contributed by atoms with Gasteiger partial charge in [-0.2, -0.15) is 5.01 Å². The molecule has 2 aromatic carbocycles. The highest BCUT2D eigenvalue weighted by Gasteiger charge is 2.54. The van der Waals surface area contributed by atoms with E-state index in [1.54, 1.807) is 12.1 Å². The van der Waals surface area contributed by atoms with Crippen molar-refractivity contribution < 1.29 is 19.2 Å². The van der Waals surface area contributed by atoms with E-state index < -0.39 is 41.4 Å². The fraction of sp³-hybridized carbons (Fsp3) is 0.308. The van der Waals surface area contributed by atoms with E-state index in [0.717, 1.165) is 10.0 Å². The first-order chi connectivity index (χ1) is 16.7. The molecule has 1 saturated heterocycles. The molecule has 4 rings (SSSR count). The number of Topliss-reactive ketones (excluding diaryl/α,β-unsaturated/α-hetero) is 1. The van der Waals surface area contributed by atoms with Crippen LogP contribution in [0.4, 0.5) is 0 Å². The number of rotatable bonds is 7. The molecule has 0 spiro atoms. The Kier molecular flexibility index (Phi) is 7.64. The van der Waals surface area contributed by atoms with Crippen molar-refractivity contribution in [2.45, 2.75) is 25.8 Å². The summed E-state index contributed by atoms with van der Waals surface area (Å²) >= 11 is 18.0. The van der Waals surface area contributed by atoms with Crippen LogP contribution in [0.2, 0.25) is 10.0 Å². The average molecular weight is 534 g/mol. The van der Waals surface area contributed by atoms with Crippen LogP contribution in [-0.2, 0) is 9.59 Å². The van der Waals surface area contributed by atoms with Crippen molar-refractivity contribution in [2.75, 3.05) is 5.88 Å². The number of carbonyl (C=O) groups excluding carboxylic acids is 4. The number of alkyl halides is 1. The van der Waals surface area contributed by atoms with E-state index in [0.29, 0.717) is 16.5 Å². The summed E-state index contributed by atoms with van der Waals surface area (Å²) in [4.78, 5) is 54.6. The third-order valence-electron chi connectivity index (χ3n) is 6.47. The van der Waals surface area contributed by atoms with Crippen LogP contribution in [0.1, 0.15) is 40.5 Å². The number of fused-ring (bicyclic) bond motifs is 1. The molecule has 0 saturated carbocycles. The van der Waals surface area contributed by atoms with E-state index in [9.17, 15) is 19.2 Å². The van der Waals surface area contributed by atoms with Gasteiger partial charge in [-0.1, -0.05) is 42.3 Å². The van der Waals surface area contributed by atoms with Crippen molar-refractivity contribution in [1.82, 2.24) is 10.0 Å². The fourth-order valence-electron chi connectivity index (χ4n) is 4.71. The van der Waals surface area contributed by atoms with Crippen molar-refractivity contribution in [3.63, 3.8) is 0 Å². The summed E-state index contributed by atoms with van der Waals surface area (Å²) in [6.45, 7) is 1.86. The summed E-state index contributed by atoms with van der Waals surface area (Å²) in [6, 6.07) is 11.1.